The molecule has 1 aliphatic rings. The van der Waals surface area contributed by atoms with E-state index < -0.39 is 5.97 Å². The largest absolute Gasteiger partial charge is 0.480 e. The van der Waals surface area contributed by atoms with E-state index in [0.29, 0.717) is 25.7 Å². The molecular weight excluding hydrogens is 298 g/mol. The maximum absolute atomic E-state index is 12.1. The van der Waals surface area contributed by atoms with Crippen LogP contribution in [0.4, 0.5) is 4.79 Å². The number of amides is 2. The van der Waals surface area contributed by atoms with E-state index in [9.17, 15) is 9.59 Å². The summed E-state index contributed by atoms with van der Waals surface area (Å²) in [6.45, 7) is 9.90. The van der Waals surface area contributed by atoms with Crippen LogP contribution in [0.15, 0.2) is 0 Å². The molecule has 1 fully saturated rings. The minimum Gasteiger partial charge on any atom is -0.480 e. The maximum Gasteiger partial charge on any atom is 0.317 e. The molecule has 7 heteroatoms. The van der Waals surface area contributed by atoms with Crippen molar-refractivity contribution in [2.45, 2.75) is 58.7 Å². The summed E-state index contributed by atoms with van der Waals surface area (Å²) in [6.07, 6.45) is 1.60. The number of rotatable bonds is 10. The van der Waals surface area contributed by atoms with Gasteiger partial charge in [-0.2, -0.15) is 0 Å². The lowest BCUT2D eigenvalue weighted by Crippen LogP contribution is -2.57. The fourth-order valence-corrected chi connectivity index (χ4v) is 2.72. The van der Waals surface area contributed by atoms with Crippen molar-refractivity contribution in [1.29, 1.82) is 0 Å². The number of carbonyl (C=O) groups excluding carboxylic acids is 1. The van der Waals surface area contributed by atoms with Gasteiger partial charge in [0.2, 0.25) is 0 Å². The molecule has 0 aromatic rings. The van der Waals surface area contributed by atoms with Crippen LogP contribution in [0.5, 0.6) is 0 Å². The predicted molar refractivity (Wildman–Crippen MR) is 88.5 cm³/mol. The first-order chi connectivity index (χ1) is 10.9. The smallest absolute Gasteiger partial charge is 0.317 e. The maximum atomic E-state index is 12.1. The molecule has 0 aromatic carbocycles. The summed E-state index contributed by atoms with van der Waals surface area (Å²) in [5.41, 5.74) is 0. The highest BCUT2D eigenvalue weighted by molar-refractivity contribution is 5.74. The van der Waals surface area contributed by atoms with Gasteiger partial charge in [0.05, 0.1) is 19.2 Å². The van der Waals surface area contributed by atoms with Crippen molar-refractivity contribution in [3.05, 3.63) is 0 Å². The number of hydrogen-bond acceptors (Lipinski definition) is 4. The second-order valence-corrected chi connectivity index (χ2v) is 6.41. The SMILES string of the molecule is CCOCC(NC(=O)NC1CC(N(CC)CC(=O)O)C1)C(C)C. The Hall–Kier alpha value is -1.34. The van der Waals surface area contributed by atoms with Gasteiger partial charge in [0.1, 0.15) is 0 Å². The Bertz CT molecular complexity index is 384. The number of aliphatic carboxylic acids is 1. The first kappa shape index (κ1) is 19.7. The van der Waals surface area contributed by atoms with E-state index in [2.05, 4.69) is 10.6 Å². The van der Waals surface area contributed by atoms with Crippen LogP contribution in [0.25, 0.3) is 0 Å². The highest BCUT2D eigenvalue weighted by Crippen LogP contribution is 2.25. The van der Waals surface area contributed by atoms with E-state index >= 15 is 0 Å². The zero-order valence-electron chi connectivity index (χ0n) is 14.7. The first-order valence-electron chi connectivity index (χ1n) is 8.47. The van der Waals surface area contributed by atoms with Crippen LogP contribution >= 0.6 is 0 Å². The quantitative estimate of drug-likeness (QED) is 0.562. The predicted octanol–water partition coefficient (Wildman–Crippen LogP) is 1.28. The van der Waals surface area contributed by atoms with Gasteiger partial charge in [-0.15, -0.1) is 0 Å². The van der Waals surface area contributed by atoms with E-state index in [1.165, 1.54) is 0 Å². The lowest BCUT2D eigenvalue weighted by atomic mass is 9.85. The molecule has 0 aromatic heterocycles. The van der Waals surface area contributed by atoms with Gasteiger partial charge in [0.15, 0.2) is 0 Å². The van der Waals surface area contributed by atoms with E-state index in [4.69, 9.17) is 9.84 Å². The Labute approximate surface area is 138 Å². The van der Waals surface area contributed by atoms with Gasteiger partial charge >= 0.3 is 12.0 Å². The number of nitrogens with one attached hydrogen (secondary N) is 2. The monoisotopic (exact) mass is 329 g/mol. The number of hydrogen-bond donors (Lipinski definition) is 3. The first-order valence-corrected chi connectivity index (χ1v) is 8.47. The third kappa shape index (κ3) is 6.74. The molecule has 134 valence electrons. The second-order valence-electron chi connectivity index (χ2n) is 6.41. The number of likely N-dealkylation sites (N-methyl/N-ethyl adjacent to an activating group) is 1. The van der Waals surface area contributed by atoms with Gasteiger partial charge in [-0.1, -0.05) is 20.8 Å². The van der Waals surface area contributed by atoms with Crippen molar-refractivity contribution in [3.8, 4) is 0 Å². The number of carbonyl (C=O) groups is 2. The van der Waals surface area contributed by atoms with Gasteiger partial charge in [-0.05, 0) is 32.2 Å². The van der Waals surface area contributed by atoms with Gasteiger partial charge in [-0.25, -0.2) is 4.79 Å². The minimum absolute atomic E-state index is 0.00928. The van der Waals surface area contributed by atoms with Gasteiger partial charge < -0.3 is 20.5 Å². The van der Waals surface area contributed by atoms with Crippen LogP contribution in [0.1, 0.15) is 40.5 Å². The summed E-state index contributed by atoms with van der Waals surface area (Å²) in [4.78, 5) is 24.8. The van der Waals surface area contributed by atoms with Crippen molar-refractivity contribution >= 4 is 12.0 Å². The number of urea groups is 1. The lowest BCUT2D eigenvalue weighted by Gasteiger charge is -2.42. The zero-order valence-corrected chi connectivity index (χ0v) is 14.7. The van der Waals surface area contributed by atoms with E-state index in [1.807, 2.05) is 32.6 Å². The van der Waals surface area contributed by atoms with Gasteiger partial charge in [0, 0.05) is 18.7 Å². The standard InChI is InChI=1S/C16H31N3O4/c1-5-19(9-15(20)21)13-7-12(8-13)17-16(22)18-14(11(3)4)10-23-6-2/h11-14H,5-10H2,1-4H3,(H,20,21)(H2,17,18,22). The second kappa shape index (κ2) is 9.72. The van der Waals surface area contributed by atoms with Crippen molar-refractivity contribution in [2.75, 3.05) is 26.3 Å². The molecule has 2 amide bonds. The molecule has 1 aliphatic carbocycles. The fraction of sp³-hybridized carbons (Fsp3) is 0.875. The summed E-state index contributed by atoms with van der Waals surface area (Å²) < 4.78 is 5.40. The number of carboxylic acid groups (broad SMARTS) is 1. The van der Waals surface area contributed by atoms with Crippen LogP contribution in [0, 0.1) is 5.92 Å². The van der Waals surface area contributed by atoms with Crippen LogP contribution in [-0.4, -0.2) is 66.4 Å². The van der Waals surface area contributed by atoms with E-state index in [1.54, 1.807) is 0 Å². The summed E-state index contributed by atoms with van der Waals surface area (Å²) in [5.74, 6) is -0.510. The molecule has 0 heterocycles. The Balaban J connectivity index is 2.32. The fourth-order valence-electron chi connectivity index (χ4n) is 2.72. The number of ether oxygens (including phenoxy) is 1. The molecule has 1 saturated carbocycles. The normalized spacial score (nSPS) is 21.8. The van der Waals surface area contributed by atoms with Crippen molar-refractivity contribution in [3.63, 3.8) is 0 Å². The summed E-state index contributed by atoms with van der Waals surface area (Å²) in [5, 5.41) is 14.8. The molecule has 0 aliphatic heterocycles. The Kier molecular flexibility index (Phi) is 8.33. The minimum atomic E-state index is -0.809. The molecule has 1 atom stereocenters. The number of carboxylic acids is 1. The molecular formula is C16H31N3O4. The molecule has 3 N–H and O–H groups in total. The average Bonchev–Trinajstić information content (AvgIpc) is 2.44. The molecule has 0 bridgehead atoms. The molecule has 1 rings (SSSR count). The number of nitrogens with zero attached hydrogens (tertiary/aromatic N) is 1. The van der Waals surface area contributed by atoms with Crippen LogP contribution in [0.2, 0.25) is 0 Å². The van der Waals surface area contributed by atoms with Crippen LogP contribution < -0.4 is 10.6 Å². The third-order valence-electron chi connectivity index (χ3n) is 4.33. The third-order valence-corrected chi connectivity index (χ3v) is 4.33. The lowest BCUT2D eigenvalue weighted by molar-refractivity contribution is -0.139. The van der Waals surface area contributed by atoms with Gasteiger partial charge in [-0.3, -0.25) is 9.69 Å². The molecule has 23 heavy (non-hydrogen) atoms. The molecule has 7 nitrogen and oxygen atoms in total. The summed E-state index contributed by atoms with van der Waals surface area (Å²) in [7, 11) is 0. The van der Waals surface area contributed by atoms with Crippen LogP contribution in [0.3, 0.4) is 0 Å². The average molecular weight is 329 g/mol. The molecule has 1 unspecified atom stereocenters. The molecule has 0 radical (unpaired) electrons. The summed E-state index contributed by atoms with van der Waals surface area (Å²) >= 11 is 0. The Morgan fingerprint density at radius 2 is 1.96 bits per heavy atom. The molecule has 0 spiro atoms. The Morgan fingerprint density at radius 3 is 2.43 bits per heavy atom. The van der Waals surface area contributed by atoms with E-state index in [0.717, 1.165) is 12.8 Å². The van der Waals surface area contributed by atoms with Crippen molar-refractivity contribution in [2.24, 2.45) is 5.92 Å². The molecule has 0 saturated heterocycles. The van der Waals surface area contributed by atoms with E-state index in [-0.39, 0.29) is 30.7 Å². The highest BCUT2D eigenvalue weighted by atomic mass is 16.5. The Morgan fingerprint density at radius 1 is 1.30 bits per heavy atom. The zero-order chi connectivity index (χ0) is 17.4. The van der Waals surface area contributed by atoms with Gasteiger partial charge in [0.25, 0.3) is 0 Å². The van der Waals surface area contributed by atoms with Crippen molar-refractivity contribution < 1.29 is 19.4 Å². The highest BCUT2D eigenvalue weighted by Gasteiger charge is 2.34. The van der Waals surface area contributed by atoms with Crippen LogP contribution in [-0.2, 0) is 9.53 Å². The van der Waals surface area contributed by atoms with Crippen molar-refractivity contribution in [1.82, 2.24) is 15.5 Å². The summed E-state index contributed by atoms with van der Waals surface area (Å²) in [6, 6.07) is 0.173. The topological polar surface area (TPSA) is 90.9 Å².